The summed E-state index contributed by atoms with van der Waals surface area (Å²) in [6.45, 7) is 4.18. The number of carbonyl (C=O) groups excluding carboxylic acids is 3. The summed E-state index contributed by atoms with van der Waals surface area (Å²) in [5.74, 6) is -6.16. The van der Waals surface area contributed by atoms with Crippen LogP contribution in [-0.2, 0) is 19.2 Å². The normalized spacial score (nSPS) is 16.9. The Morgan fingerprint density at radius 1 is 1.17 bits per heavy atom. The van der Waals surface area contributed by atoms with Crippen LogP contribution in [0.5, 0.6) is 0 Å². The predicted molar refractivity (Wildman–Crippen MR) is 100.0 cm³/mol. The summed E-state index contributed by atoms with van der Waals surface area (Å²) in [6.07, 6.45) is 0.661. The molecule has 29 heavy (non-hydrogen) atoms. The van der Waals surface area contributed by atoms with Crippen molar-refractivity contribution in [1.29, 1.82) is 0 Å². The van der Waals surface area contributed by atoms with Crippen LogP contribution in [0.2, 0.25) is 15.1 Å². The Morgan fingerprint density at radius 2 is 1.66 bits per heavy atom. The summed E-state index contributed by atoms with van der Waals surface area (Å²) in [7, 11) is 0. The molecular formula is C17H14Cl3F2NO6. The minimum Gasteiger partial charge on any atom is -0.478 e. The molecule has 0 heterocycles. The quantitative estimate of drug-likeness (QED) is 0.155. The molecule has 1 saturated carbocycles. The van der Waals surface area contributed by atoms with E-state index in [2.05, 4.69) is 16.9 Å². The molecule has 1 aliphatic rings. The number of ketones is 2. The van der Waals surface area contributed by atoms with Crippen LogP contribution in [0.4, 0.5) is 8.78 Å². The molecule has 0 aliphatic heterocycles. The van der Waals surface area contributed by atoms with Crippen molar-refractivity contribution in [1.82, 2.24) is 5.48 Å². The first-order chi connectivity index (χ1) is 13.4. The van der Waals surface area contributed by atoms with E-state index in [1.54, 1.807) is 0 Å². The highest BCUT2D eigenvalue weighted by Crippen LogP contribution is 2.41. The van der Waals surface area contributed by atoms with E-state index in [1.807, 2.05) is 0 Å². The van der Waals surface area contributed by atoms with Gasteiger partial charge in [0.15, 0.2) is 17.4 Å². The molecule has 158 valence electrons. The average Bonchev–Trinajstić information content (AvgIpc) is 3.43. The molecule has 7 nitrogen and oxygen atoms in total. The van der Waals surface area contributed by atoms with Crippen molar-refractivity contribution in [3.8, 4) is 0 Å². The lowest BCUT2D eigenvalue weighted by Crippen LogP contribution is -2.26. The number of carboxylic acids is 1. The Hall–Kier alpha value is -2.07. The van der Waals surface area contributed by atoms with Gasteiger partial charge in [-0.2, -0.15) is 0 Å². The molecule has 1 aromatic carbocycles. The maximum absolute atomic E-state index is 13.7. The smallest absolute Gasteiger partial charge is 0.332 e. The van der Waals surface area contributed by atoms with E-state index in [-0.39, 0.29) is 12.2 Å². The predicted octanol–water partition coefficient (Wildman–Crippen LogP) is 3.78. The molecule has 2 atom stereocenters. The van der Waals surface area contributed by atoms with Gasteiger partial charge in [0.05, 0.1) is 21.7 Å². The average molecular weight is 473 g/mol. The zero-order valence-corrected chi connectivity index (χ0v) is 17.0. The van der Waals surface area contributed by atoms with Crippen LogP contribution in [0.3, 0.4) is 0 Å². The number of hydrogen-bond acceptors (Lipinski definition) is 6. The Morgan fingerprint density at radius 3 is 2.07 bits per heavy atom. The summed E-state index contributed by atoms with van der Waals surface area (Å²) in [4.78, 5) is 48.2. The van der Waals surface area contributed by atoms with Crippen LogP contribution < -0.4 is 5.48 Å². The van der Waals surface area contributed by atoms with Crippen molar-refractivity contribution >= 4 is 58.3 Å². The maximum atomic E-state index is 13.7. The second-order valence-electron chi connectivity index (χ2n) is 5.77. The molecule has 0 aromatic heterocycles. The van der Waals surface area contributed by atoms with Crippen molar-refractivity contribution in [2.45, 2.75) is 25.8 Å². The van der Waals surface area contributed by atoms with Crippen LogP contribution >= 0.6 is 34.8 Å². The molecule has 12 heteroatoms. The molecule has 1 aromatic rings. The number of carbonyl (C=O) groups is 4. The molecule has 0 amide bonds. The van der Waals surface area contributed by atoms with Gasteiger partial charge in [-0.1, -0.05) is 41.4 Å². The second-order valence-corrected chi connectivity index (χ2v) is 6.90. The largest absolute Gasteiger partial charge is 0.478 e. The van der Waals surface area contributed by atoms with Crippen molar-refractivity contribution in [2.24, 2.45) is 5.92 Å². The lowest BCUT2D eigenvalue weighted by molar-refractivity contribution is -0.153. The van der Waals surface area contributed by atoms with Crippen molar-refractivity contribution < 1.29 is 37.9 Å². The number of rotatable bonds is 7. The third-order valence-electron chi connectivity index (χ3n) is 3.48. The van der Waals surface area contributed by atoms with Gasteiger partial charge in [-0.25, -0.2) is 18.4 Å². The molecule has 2 rings (SSSR count). The maximum Gasteiger partial charge on any atom is 0.332 e. The van der Waals surface area contributed by atoms with Gasteiger partial charge in [-0.3, -0.25) is 9.59 Å². The Labute approximate surface area is 178 Å². The number of benzene rings is 1. The monoisotopic (exact) mass is 471 g/mol. The van der Waals surface area contributed by atoms with Gasteiger partial charge in [0.25, 0.3) is 0 Å². The zero-order valence-electron chi connectivity index (χ0n) is 14.7. The van der Waals surface area contributed by atoms with Gasteiger partial charge >= 0.3 is 11.9 Å². The minimum atomic E-state index is -1.28. The number of halogens is 5. The number of Topliss-reactive ketones (excluding diaryl/α,β-unsaturated/α-hetero) is 2. The van der Waals surface area contributed by atoms with Crippen molar-refractivity contribution in [2.75, 3.05) is 0 Å². The summed E-state index contributed by atoms with van der Waals surface area (Å²) in [5, 5.41) is 5.36. The molecule has 0 spiro atoms. The van der Waals surface area contributed by atoms with Crippen LogP contribution in [0.1, 0.15) is 30.1 Å². The van der Waals surface area contributed by atoms with Gasteiger partial charge in [0, 0.05) is 12.0 Å². The molecule has 1 fully saturated rings. The molecule has 2 unspecified atom stereocenters. The number of aliphatic carboxylic acids is 1. The molecular weight excluding hydrogens is 459 g/mol. The van der Waals surface area contributed by atoms with Gasteiger partial charge in [-0.15, -0.1) is 5.48 Å². The summed E-state index contributed by atoms with van der Waals surface area (Å²) < 4.78 is 27.4. The molecule has 1 aliphatic carbocycles. The van der Waals surface area contributed by atoms with E-state index in [1.165, 1.54) is 6.92 Å². The summed E-state index contributed by atoms with van der Waals surface area (Å²) in [5.41, 5.74) is 1.81. The third kappa shape index (κ3) is 6.74. The Bertz CT molecular complexity index is 848. The van der Waals surface area contributed by atoms with Gasteiger partial charge in [-0.05, 0) is 13.3 Å². The van der Waals surface area contributed by atoms with E-state index in [9.17, 15) is 28.0 Å². The first-order valence-corrected chi connectivity index (χ1v) is 8.91. The lowest BCUT2D eigenvalue weighted by atomic mass is 10.1. The van der Waals surface area contributed by atoms with E-state index < -0.39 is 68.4 Å². The topological polar surface area (TPSA) is 110 Å². The van der Waals surface area contributed by atoms with Crippen molar-refractivity contribution in [3.63, 3.8) is 0 Å². The molecule has 2 N–H and O–H groups in total. The van der Waals surface area contributed by atoms with E-state index in [0.717, 1.165) is 6.08 Å². The van der Waals surface area contributed by atoms with Crippen LogP contribution in [-0.4, -0.2) is 34.7 Å². The van der Waals surface area contributed by atoms with E-state index in [0.29, 0.717) is 0 Å². The molecule has 0 saturated heterocycles. The number of hydrogen-bond donors (Lipinski definition) is 2. The first kappa shape index (κ1) is 25.0. The highest BCUT2D eigenvalue weighted by atomic mass is 35.5. The van der Waals surface area contributed by atoms with Gasteiger partial charge in [0.1, 0.15) is 17.2 Å². The van der Waals surface area contributed by atoms with Gasteiger partial charge < -0.3 is 9.94 Å². The van der Waals surface area contributed by atoms with Crippen LogP contribution in [0, 0.1) is 17.6 Å². The second kappa shape index (κ2) is 10.6. The fourth-order valence-corrected chi connectivity index (χ4v) is 2.90. The Balaban J connectivity index is 0.000000749. The zero-order chi connectivity index (χ0) is 22.5. The van der Waals surface area contributed by atoms with Crippen LogP contribution in [0.15, 0.2) is 12.7 Å². The molecule has 0 bridgehead atoms. The highest BCUT2D eigenvalue weighted by Gasteiger charge is 2.46. The number of carboxylic acid groups (broad SMARTS) is 1. The van der Waals surface area contributed by atoms with Gasteiger partial charge in [0.2, 0.25) is 0 Å². The Kier molecular flexibility index (Phi) is 9.15. The molecule has 0 radical (unpaired) electrons. The third-order valence-corrected chi connectivity index (χ3v) is 4.52. The van der Waals surface area contributed by atoms with Crippen LogP contribution in [0.25, 0.3) is 0 Å². The fraction of sp³-hybridized carbons (Fsp3) is 0.294. The summed E-state index contributed by atoms with van der Waals surface area (Å²) in [6, 6.07) is -0.567. The highest BCUT2D eigenvalue weighted by molar-refractivity contribution is 6.42. The standard InChI is InChI=1S/C14H10Cl3F2NO4.C3H4O2/c1-4(21)2-7(22)24-20-6-3-5(6)14(23)8-9(15)12(18)11(17)13(19)10(8)16;1-2-3(4)5/h5-6,20H,2-3H2,1H3;2H,1H2,(H,4,5). The fourth-order valence-electron chi connectivity index (χ4n) is 2.00. The van der Waals surface area contributed by atoms with Crippen molar-refractivity contribution in [3.05, 3.63) is 44.9 Å². The van der Waals surface area contributed by atoms with E-state index >= 15 is 0 Å². The number of hydroxylamine groups is 1. The summed E-state index contributed by atoms with van der Waals surface area (Å²) >= 11 is 16.8. The first-order valence-electron chi connectivity index (χ1n) is 7.77. The number of nitrogens with one attached hydrogen (secondary N) is 1. The SMILES string of the molecule is C=CC(=O)O.CC(=O)CC(=O)ONC1CC1C(=O)c1c(Cl)c(F)c(Cl)c(F)c1Cl. The lowest BCUT2D eigenvalue weighted by Gasteiger charge is -2.10. The minimum absolute atomic E-state index is 0.241. The van der Waals surface area contributed by atoms with E-state index in [4.69, 9.17) is 39.9 Å².